The van der Waals surface area contributed by atoms with Crippen LogP contribution in [-0.2, 0) is 13.1 Å². The molecule has 4 rings (SSSR count). The molecular formula is C24H23BrN6O6. The van der Waals surface area contributed by atoms with E-state index in [4.69, 9.17) is 0 Å². The van der Waals surface area contributed by atoms with E-state index in [-0.39, 0.29) is 28.3 Å². The van der Waals surface area contributed by atoms with E-state index in [2.05, 4.69) is 25.9 Å². The molecule has 0 unspecified atom stereocenters. The lowest BCUT2D eigenvalue weighted by atomic mass is 10.1. The highest BCUT2D eigenvalue weighted by Gasteiger charge is 2.22. The van der Waals surface area contributed by atoms with E-state index in [1.165, 1.54) is 21.3 Å². The predicted molar refractivity (Wildman–Crippen MR) is 143 cm³/mol. The van der Waals surface area contributed by atoms with Crippen LogP contribution in [0.15, 0.2) is 48.1 Å². The molecule has 192 valence electrons. The molecule has 0 fully saturated rings. The number of aliphatic imine (C=N–C) groups is 1. The maximum absolute atomic E-state index is 12.7. The van der Waals surface area contributed by atoms with Crippen LogP contribution in [-0.4, -0.2) is 34.9 Å². The predicted octanol–water partition coefficient (Wildman–Crippen LogP) is 3.43. The van der Waals surface area contributed by atoms with Crippen molar-refractivity contribution in [3.8, 4) is 11.6 Å². The minimum Gasteiger partial charge on any atom is -0.493 e. The Balaban J connectivity index is 1.95. The summed E-state index contributed by atoms with van der Waals surface area (Å²) in [6, 6.07) is 6.09. The topological polar surface area (TPSA) is 158 Å². The van der Waals surface area contributed by atoms with Crippen LogP contribution in [0.4, 0.5) is 11.4 Å². The second-order valence-corrected chi connectivity index (χ2v) is 9.19. The lowest BCUT2D eigenvalue weighted by molar-refractivity contribution is -0.383. The van der Waals surface area contributed by atoms with Crippen LogP contribution in [0.1, 0.15) is 30.5 Å². The Hall–Kier alpha value is -4.26. The summed E-state index contributed by atoms with van der Waals surface area (Å²) in [4.78, 5) is 55.3. The van der Waals surface area contributed by atoms with Crippen LogP contribution in [0.5, 0.6) is 5.88 Å². The van der Waals surface area contributed by atoms with Crippen molar-refractivity contribution in [3.63, 3.8) is 0 Å². The maximum atomic E-state index is 12.7. The minimum atomic E-state index is -0.922. The van der Waals surface area contributed by atoms with E-state index < -0.39 is 22.1 Å². The molecule has 0 aliphatic carbocycles. The molecule has 0 radical (unpaired) electrons. The molecule has 0 saturated heterocycles. The highest BCUT2D eigenvalue weighted by molar-refractivity contribution is 9.10. The second kappa shape index (κ2) is 9.65. The van der Waals surface area contributed by atoms with Gasteiger partial charge in [-0.1, -0.05) is 0 Å². The number of hydrogen-bond acceptors (Lipinski definition) is 7. The maximum Gasteiger partial charge on any atom is 0.335 e. The smallest absolute Gasteiger partial charge is 0.335 e. The van der Waals surface area contributed by atoms with Crippen molar-refractivity contribution in [1.82, 2.24) is 18.7 Å². The quantitative estimate of drug-likeness (QED) is 0.205. The largest absolute Gasteiger partial charge is 0.493 e. The molecule has 2 aromatic heterocycles. The Labute approximate surface area is 217 Å². The monoisotopic (exact) mass is 570 g/mol. The number of rotatable bonds is 6. The fraction of sp³-hybridized carbons (Fsp3) is 0.250. The fourth-order valence-corrected chi connectivity index (χ4v) is 4.78. The van der Waals surface area contributed by atoms with E-state index in [0.29, 0.717) is 28.6 Å². The number of fused-ring (bicyclic) bond motifs is 1. The highest BCUT2D eigenvalue weighted by atomic mass is 79.9. The zero-order chi connectivity index (χ0) is 27.2. The van der Waals surface area contributed by atoms with Gasteiger partial charge in [-0.2, -0.15) is 0 Å². The van der Waals surface area contributed by atoms with E-state index in [0.717, 1.165) is 21.9 Å². The van der Waals surface area contributed by atoms with Crippen molar-refractivity contribution in [2.45, 2.75) is 40.8 Å². The first kappa shape index (κ1) is 25.8. The number of aryl methyl sites for hydroxylation is 4. The Bertz CT molecular complexity index is 1790. The SMILES string of the molecule is CCn1c(=O)n(CC)c2cc([N+](=O)[O-])c(N=Cc3c(O)n(-c4cc(C)c(C)cc4Br)c(=O)[nH]c3=O)cc21. The molecule has 0 bridgehead atoms. The standard InChI is InChI=1S/C24H23BrN6O6/c1-5-28-19-9-16(18(31(36)37)10-20(19)29(6-2)24(28)35)26-11-14-21(32)27-23(34)30(22(14)33)17-8-13(4)12(3)7-15(17)25/h7-11,33H,5-6H2,1-4H3,(H,27,32,34). The average molecular weight is 571 g/mol. The summed E-state index contributed by atoms with van der Waals surface area (Å²) < 4.78 is 4.30. The van der Waals surface area contributed by atoms with Gasteiger partial charge in [-0.25, -0.2) is 19.1 Å². The van der Waals surface area contributed by atoms with Crippen LogP contribution < -0.4 is 16.9 Å². The highest BCUT2D eigenvalue weighted by Crippen LogP contribution is 2.33. The zero-order valence-corrected chi connectivity index (χ0v) is 22.0. The third-order valence-electron chi connectivity index (χ3n) is 6.20. The third-order valence-corrected chi connectivity index (χ3v) is 6.84. The molecule has 13 heteroatoms. The molecule has 0 aliphatic heterocycles. The summed E-state index contributed by atoms with van der Waals surface area (Å²) in [5.41, 5.74) is -0.0983. The average Bonchev–Trinajstić information content (AvgIpc) is 3.10. The number of H-pyrrole nitrogens is 1. The third kappa shape index (κ3) is 4.31. The van der Waals surface area contributed by atoms with E-state index in [9.17, 15) is 29.6 Å². The fourth-order valence-electron chi connectivity index (χ4n) is 4.15. The Morgan fingerprint density at radius 3 is 2.24 bits per heavy atom. The van der Waals surface area contributed by atoms with Gasteiger partial charge in [0.15, 0.2) is 0 Å². The lowest BCUT2D eigenvalue weighted by Crippen LogP contribution is -2.31. The van der Waals surface area contributed by atoms with Crippen molar-refractivity contribution in [2.75, 3.05) is 0 Å². The minimum absolute atomic E-state index is 0.128. The molecule has 37 heavy (non-hydrogen) atoms. The molecule has 0 aliphatic rings. The molecule has 0 amide bonds. The number of hydrogen-bond donors (Lipinski definition) is 2. The normalized spacial score (nSPS) is 11.6. The number of aromatic hydroxyl groups is 1. The molecule has 0 atom stereocenters. The summed E-state index contributed by atoms with van der Waals surface area (Å²) in [5, 5.41) is 22.7. The van der Waals surface area contributed by atoms with Gasteiger partial charge in [0.05, 0.1) is 21.6 Å². The van der Waals surface area contributed by atoms with Crippen molar-refractivity contribution >= 4 is 44.6 Å². The molecule has 0 saturated carbocycles. The number of nitrogens with one attached hydrogen (secondary N) is 1. The number of nitro benzene ring substituents is 1. The van der Waals surface area contributed by atoms with Gasteiger partial charge in [0, 0.05) is 29.8 Å². The zero-order valence-electron chi connectivity index (χ0n) is 20.4. The first-order valence-electron chi connectivity index (χ1n) is 11.3. The molecule has 4 aromatic rings. The van der Waals surface area contributed by atoms with Crippen LogP contribution in [0.3, 0.4) is 0 Å². The van der Waals surface area contributed by atoms with Crippen molar-refractivity contribution in [1.29, 1.82) is 0 Å². The number of aromatic nitrogens is 4. The number of nitro groups is 1. The Morgan fingerprint density at radius 1 is 1.05 bits per heavy atom. The summed E-state index contributed by atoms with van der Waals surface area (Å²) in [5.74, 6) is -0.687. The first-order valence-corrected chi connectivity index (χ1v) is 12.1. The summed E-state index contributed by atoms with van der Waals surface area (Å²) in [7, 11) is 0. The van der Waals surface area contributed by atoms with E-state index in [1.54, 1.807) is 26.0 Å². The number of nitrogens with zero attached hydrogens (tertiary/aromatic N) is 5. The van der Waals surface area contributed by atoms with E-state index in [1.807, 2.05) is 13.8 Å². The van der Waals surface area contributed by atoms with Gasteiger partial charge in [0.1, 0.15) is 11.3 Å². The van der Waals surface area contributed by atoms with Crippen LogP contribution >= 0.6 is 15.9 Å². The molecule has 2 aromatic carbocycles. The van der Waals surface area contributed by atoms with E-state index >= 15 is 0 Å². The first-order chi connectivity index (χ1) is 17.5. The summed E-state index contributed by atoms with van der Waals surface area (Å²) in [6.45, 7) is 7.90. The second-order valence-electron chi connectivity index (χ2n) is 8.34. The molecule has 2 heterocycles. The van der Waals surface area contributed by atoms with Gasteiger partial charge in [-0.05, 0) is 73.0 Å². The van der Waals surface area contributed by atoms with Crippen molar-refractivity contribution in [3.05, 3.63) is 86.9 Å². The van der Waals surface area contributed by atoms with Gasteiger partial charge in [-0.3, -0.25) is 29.0 Å². The number of imidazole rings is 1. The number of halogens is 1. The van der Waals surface area contributed by atoms with Crippen LogP contribution in [0, 0.1) is 24.0 Å². The van der Waals surface area contributed by atoms with Gasteiger partial charge in [-0.15, -0.1) is 0 Å². The van der Waals surface area contributed by atoms with Gasteiger partial charge < -0.3 is 5.11 Å². The molecule has 2 N–H and O–H groups in total. The van der Waals surface area contributed by atoms with Gasteiger partial charge in [0.2, 0.25) is 5.88 Å². The van der Waals surface area contributed by atoms with Crippen molar-refractivity contribution < 1.29 is 10.0 Å². The van der Waals surface area contributed by atoms with Gasteiger partial charge >= 0.3 is 11.4 Å². The number of benzene rings is 2. The van der Waals surface area contributed by atoms with Crippen LogP contribution in [0.2, 0.25) is 0 Å². The lowest BCUT2D eigenvalue weighted by Gasteiger charge is -2.13. The summed E-state index contributed by atoms with van der Waals surface area (Å²) >= 11 is 3.38. The van der Waals surface area contributed by atoms with Crippen molar-refractivity contribution in [2.24, 2.45) is 4.99 Å². The molecule has 0 spiro atoms. The number of aromatic amines is 1. The van der Waals surface area contributed by atoms with Gasteiger partial charge in [0.25, 0.3) is 11.2 Å². The Kier molecular flexibility index (Phi) is 6.74. The Morgan fingerprint density at radius 2 is 1.65 bits per heavy atom. The summed E-state index contributed by atoms with van der Waals surface area (Å²) in [6.07, 6.45) is 0.957. The molecular weight excluding hydrogens is 548 g/mol. The van der Waals surface area contributed by atoms with Crippen LogP contribution in [0.25, 0.3) is 16.7 Å². The molecule has 12 nitrogen and oxygen atoms in total.